The zero-order chi connectivity index (χ0) is 17.8. The molecule has 0 aliphatic heterocycles. The maximum absolute atomic E-state index is 12.2. The van der Waals surface area contributed by atoms with Crippen LogP contribution in [0.4, 0.5) is 0 Å². The first-order valence-corrected chi connectivity index (χ1v) is 7.72. The molecule has 0 aromatic heterocycles. The van der Waals surface area contributed by atoms with E-state index < -0.39 is 22.8 Å². The summed E-state index contributed by atoms with van der Waals surface area (Å²) in [7, 11) is 0. The van der Waals surface area contributed by atoms with Crippen LogP contribution in [-0.4, -0.2) is 18.5 Å². The minimum absolute atomic E-state index is 0. The first kappa shape index (κ1) is 22.4. The summed E-state index contributed by atoms with van der Waals surface area (Å²) in [5.41, 5.74) is 5.17. The van der Waals surface area contributed by atoms with Crippen LogP contribution in [0.3, 0.4) is 0 Å². The molecule has 0 aliphatic carbocycles. The monoisotopic (exact) mass is 357 g/mol. The van der Waals surface area contributed by atoms with Crippen molar-refractivity contribution >= 4 is 24.3 Å². The van der Waals surface area contributed by atoms with E-state index in [0.29, 0.717) is 13.0 Å². The lowest BCUT2D eigenvalue weighted by molar-refractivity contribution is -0.145. The highest BCUT2D eigenvalue weighted by Crippen LogP contribution is 2.32. The second kappa shape index (κ2) is 8.49. The molecule has 0 saturated carbocycles. The van der Waals surface area contributed by atoms with Gasteiger partial charge in [-0.25, -0.2) is 0 Å². The molecule has 2 N–H and O–H groups in total. The molecule has 0 atom stereocenters. The van der Waals surface area contributed by atoms with Gasteiger partial charge in [0.2, 0.25) is 0 Å². The summed E-state index contributed by atoms with van der Waals surface area (Å²) in [5.74, 6) is -0.302. The first-order chi connectivity index (χ1) is 10.4. The van der Waals surface area contributed by atoms with E-state index in [1.165, 1.54) is 0 Å². The average molecular weight is 358 g/mol. The highest BCUT2D eigenvalue weighted by molar-refractivity contribution is 5.85. The van der Waals surface area contributed by atoms with Gasteiger partial charge in [-0.05, 0) is 72.2 Å². The van der Waals surface area contributed by atoms with Crippen molar-refractivity contribution in [3.05, 3.63) is 23.8 Å². The van der Waals surface area contributed by atoms with Gasteiger partial charge in [0.15, 0.2) is 11.5 Å². The molecular formula is C18H28ClNO4. The molecule has 1 aromatic rings. The van der Waals surface area contributed by atoms with E-state index in [1.54, 1.807) is 53.7 Å². The summed E-state index contributed by atoms with van der Waals surface area (Å²) >= 11 is 0. The topological polar surface area (TPSA) is 78.6 Å². The normalized spacial score (nSPS) is 11.5. The van der Waals surface area contributed by atoms with Crippen molar-refractivity contribution in [1.29, 1.82) is 0 Å². The lowest BCUT2D eigenvalue weighted by Crippen LogP contribution is -2.28. The molecule has 0 amide bonds. The fraction of sp³-hybridized carbons (Fsp3) is 0.556. The zero-order valence-corrected chi connectivity index (χ0v) is 16.1. The van der Waals surface area contributed by atoms with Gasteiger partial charge in [-0.2, -0.15) is 0 Å². The summed E-state index contributed by atoms with van der Waals surface area (Å²) in [5, 5.41) is 0. The quantitative estimate of drug-likeness (QED) is 0.659. The van der Waals surface area contributed by atoms with Crippen LogP contribution in [0.2, 0.25) is 0 Å². The Morgan fingerprint density at radius 1 is 0.917 bits per heavy atom. The lowest BCUT2D eigenvalue weighted by Gasteiger charge is -2.20. The number of esters is 2. The van der Waals surface area contributed by atoms with Crippen LogP contribution >= 0.6 is 12.4 Å². The van der Waals surface area contributed by atoms with Crippen molar-refractivity contribution in [2.24, 2.45) is 16.6 Å². The van der Waals surface area contributed by atoms with Gasteiger partial charge in [0.25, 0.3) is 0 Å². The van der Waals surface area contributed by atoms with Gasteiger partial charge in [-0.1, -0.05) is 6.07 Å². The Morgan fingerprint density at radius 3 is 1.79 bits per heavy atom. The zero-order valence-electron chi connectivity index (χ0n) is 15.3. The van der Waals surface area contributed by atoms with E-state index in [-0.39, 0.29) is 23.9 Å². The van der Waals surface area contributed by atoms with E-state index in [4.69, 9.17) is 15.2 Å². The maximum atomic E-state index is 12.2. The standard InChI is InChI=1S/C18H27NO4.ClH/c1-17(2,3)15(20)22-13-8-7-12(9-10-19)11-14(13)23-16(21)18(4,5)6;/h7-8,11H,9-10,19H2,1-6H3;1H. The summed E-state index contributed by atoms with van der Waals surface area (Å²) in [6.07, 6.45) is 0.646. The molecule has 1 rings (SSSR count). The molecule has 0 radical (unpaired) electrons. The number of carbonyl (C=O) groups excluding carboxylic acids is 2. The van der Waals surface area contributed by atoms with Crippen LogP contribution in [0.15, 0.2) is 18.2 Å². The Bertz CT molecular complexity index is 586. The summed E-state index contributed by atoms with van der Waals surface area (Å²) in [6, 6.07) is 5.15. The van der Waals surface area contributed by atoms with Gasteiger partial charge < -0.3 is 15.2 Å². The number of carbonyl (C=O) groups is 2. The van der Waals surface area contributed by atoms with Crippen LogP contribution in [0.5, 0.6) is 11.5 Å². The van der Waals surface area contributed by atoms with Crippen molar-refractivity contribution in [2.75, 3.05) is 6.54 Å². The molecule has 1 aromatic carbocycles. The molecule has 0 saturated heterocycles. The van der Waals surface area contributed by atoms with Crippen LogP contribution in [0.25, 0.3) is 0 Å². The SMILES string of the molecule is CC(C)(C)C(=O)Oc1ccc(CCN)cc1OC(=O)C(C)(C)C.Cl. The summed E-state index contributed by atoms with van der Waals surface area (Å²) in [6.45, 7) is 11.1. The summed E-state index contributed by atoms with van der Waals surface area (Å²) in [4.78, 5) is 24.2. The van der Waals surface area contributed by atoms with Crippen molar-refractivity contribution in [2.45, 2.75) is 48.0 Å². The predicted octanol–water partition coefficient (Wildman–Crippen LogP) is 3.51. The minimum Gasteiger partial charge on any atom is -0.422 e. The Balaban J connectivity index is 0.00000529. The Hall–Kier alpha value is -1.59. The van der Waals surface area contributed by atoms with E-state index in [9.17, 15) is 9.59 Å². The van der Waals surface area contributed by atoms with Gasteiger partial charge in [0.05, 0.1) is 10.8 Å². The molecule has 0 aliphatic rings. The molecule has 136 valence electrons. The molecule has 0 bridgehead atoms. The molecule has 5 nitrogen and oxygen atoms in total. The smallest absolute Gasteiger partial charge is 0.316 e. The van der Waals surface area contributed by atoms with E-state index in [0.717, 1.165) is 5.56 Å². The third-order valence-electron chi connectivity index (χ3n) is 3.07. The number of benzene rings is 1. The van der Waals surface area contributed by atoms with Crippen LogP contribution < -0.4 is 15.2 Å². The van der Waals surface area contributed by atoms with Crippen LogP contribution in [0.1, 0.15) is 47.1 Å². The molecule has 0 spiro atoms. The van der Waals surface area contributed by atoms with Gasteiger partial charge >= 0.3 is 11.9 Å². The fourth-order valence-corrected chi connectivity index (χ4v) is 1.54. The first-order valence-electron chi connectivity index (χ1n) is 7.72. The second-order valence-electron chi connectivity index (χ2n) is 7.60. The lowest BCUT2D eigenvalue weighted by atomic mass is 9.97. The Morgan fingerprint density at radius 2 is 1.38 bits per heavy atom. The molecule has 6 heteroatoms. The molecule has 0 unspecified atom stereocenters. The molecule has 0 fully saturated rings. The second-order valence-corrected chi connectivity index (χ2v) is 7.60. The van der Waals surface area contributed by atoms with Gasteiger partial charge in [-0.15, -0.1) is 12.4 Å². The average Bonchev–Trinajstić information content (AvgIpc) is 2.39. The summed E-state index contributed by atoms with van der Waals surface area (Å²) < 4.78 is 10.9. The van der Waals surface area contributed by atoms with Crippen LogP contribution in [-0.2, 0) is 16.0 Å². The van der Waals surface area contributed by atoms with Crippen molar-refractivity contribution in [1.82, 2.24) is 0 Å². The predicted molar refractivity (Wildman–Crippen MR) is 96.6 cm³/mol. The van der Waals surface area contributed by atoms with E-state index >= 15 is 0 Å². The third kappa shape index (κ3) is 6.49. The largest absolute Gasteiger partial charge is 0.422 e. The molecular weight excluding hydrogens is 330 g/mol. The number of halogens is 1. The highest BCUT2D eigenvalue weighted by atomic mass is 35.5. The van der Waals surface area contributed by atoms with Crippen molar-refractivity contribution < 1.29 is 19.1 Å². The Kier molecular flexibility index (Phi) is 7.93. The number of rotatable bonds is 4. The minimum atomic E-state index is -0.658. The number of hydrogen-bond acceptors (Lipinski definition) is 5. The van der Waals surface area contributed by atoms with Gasteiger partial charge in [0.1, 0.15) is 0 Å². The van der Waals surface area contributed by atoms with Crippen LogP contribution in [0, 0.1) is 10.8 Å². The Labute approximate surface area is 150 Å². The van der Waals surface area contributed by atoms with Crippen molar-refractivity contribution in [3.8, 4) is 11.5 Å². The van der Waals surface area contributed by atoms with Gasteiger partial charge in [0, 0.05) is 0 Å². The number of ether oxygens (including phenoxy) is 2. The van der Waals surface area contributed by atoms with E-state index in [1.807, 2.05) is 6.07 Å². The van der Waals surface area contributed by atoms with Gasteiger partial charge in [-0.3, -0.25) is 9.59 Å². The van der Waals surface area contributed by atoms with Crippen molar-refractivity contribution in [3.63, 3.8) is 0 Å². The fourth-order valence-electron chi connectivity index (χ4n) is 1.54. The number of nitrogens with two attached hydrogens (primary N) is 1. The molecule has 0 heterocycles. The maximum Gasteiger partial charge on any atom is 0.316 e. The number of hydrogen-bond donors (Lipinski definition) is 1. The molecule has 24 heavy (non-hydrogen) atoms. The highest BCUT2D eigenvalue weighted by Gasteiger charge is 2.28. The third-order valence-corrected chi connectivity index (χ3v) is 3.07. The van der Waals surface area contributed by atoms with E-state index in [2.05, 4.69) is 0 Å².